The Morgan fingerprint density at radius 2 is 1.88 bits per heavy atom. The second-order valence-electron chi connectivity index (χ2n) is 6.14. The lowest BCUT2D eigenvalue weighted by molar-refractivity contribution is 0.0530. The third kappa shape index (κ3) is 4.97. The fourth-order valence-electron chi connectivity index (χ4n) is 2.56. The monoisotopic (exact) mass is 241 g/mol. The van der Waals surface area contributed by atoms with Crippen LogP contribution in [0.3, 0.4) is 0 Å². The van der Waals surface area contributed by atoms with Crippen molar-refractivity contribution < 1.29 is 4.74 Å². The number of nitrogens with one attached hydrogen (secondary N) is 1. The molecule has 0 spiro atoms. The molecular weight excluding hydrogens is 210 g/mol. The fourth-order valence-corrected chi connectivity index (χ4v) is 2.56. The van der Waals surface area contributed by atoms with Crippen molar-refractivity contribution in [2.24, 2.45) is 11.3 Å². The van der Waals surface area contributed by atoms with Gasteiger partial charge in [0.15, 0.2) is 0 Å². The minimum Gasteiger partial charge on any atom is -0.381 e. The Bertz CT molecular complexity index is 197. The van der Waals surface area contributed by atoms with Crippen LogP contribution in [-0.2, 0) is 4.74 Å². The first-order valence-electron chi connectivity index (χ1n) is 7.41. The van der Waals surface area contributed by atoms with E-state index in [0.29, 0.717) is 11.5 Å². The molecule has 1 saturated heterocycles. The molecule has 0 aromatic rings. The van der Waals surface area contributed by atoms with Gasteiger partial charge in [0.25, 0.3) is 0 Å². The molecular formula is C15H31NO. The van der Waals surface area contributed by atoms with Crippen molar-refractivity contribution in [2.75, 3.05) is 19.8 Å². The SMILES string of the molecule is CCCNC(CC1CCOCC1)C(C)(C)CC. The highest BCUT2D eigenvalue weighted by atomic mass is 16.5. The molecule has 0 aromatic heterocycles. The molecule has 17 heavy (non-hydrogen) atoms. The summed E-state index contributed by atoms with van der Waals surface area (Å²) >= 11 is 0. The van der Waals surface area contributed by atoms with Crippen molar-refractivity contribution >= 4 is 0 Å². The van der Waals surface area contributed by atoms with Gasteiger partial charge in [-0.2, -0.15) is 0 Å². The topological polar surface area (TPSA) is 21.3 Å². The van der Waals surface area contributed by atoms with E-state index >= 15 is 0 Å². The lowest BCUT2D eigenvalue weighted by atomic mass is 9.76. The van der Waals surface area contributed by atoms with Gasteiger partial charge in [-0.1, -0.05) is 27.7 Å². The van der Waals surface area contributed by atoms with Crippen LogP contribution in [0.4, 0.5) is 0 Å². The summed E-state index contributed by atoms with van der Waals surface area (Å²) in [6.45, 7) is 12.5. The quantitative estimate of drug-likeness (QED) is 0.735. The highest BCUT2D eigenvalue weighted by Gasteiger charge is 2.30. The number of rotatable bonds is 7. The van der Waals surface area contributed by atoms with Crippen molar-refractivity contribution in [2.45, 2.75) is 65.8 Å². The van der Waals surface area contributed by atoms with Gasteiger partial charge in [-0.3, -0.25) is 0 Å². The summed E-state index contributed by atoms with van der Waals surface area (Å²) in [7, 11) is 0. The standard InChI is InChI=1S/C15H31NO/c1-5-9-16-14(15(3,4)6-2)12-13-7-10-17-11-8-13/h13-14,16H,5-12H2,1-4H3. The van der Waals surface area contributed by atoms with Gasteiger partial charge < -0.3 is 10.1 Å². The predicted molar refractivity (Wildman–Crippen MR) is 74.3 cm³/mol. The first-order valence-corrected chi connectivity index (χ1v) is 7.41. The van der Waals surface area contributed by atoms with Crippen molar-refractivity contribution in [3.05, 3.63) is 0 Å². The molecule has 102 valence electrons. The van der Waals surface area contributed by atoms with E-state index in [1.807, 2.05) is 0 Å². The third-order valence-electron chi connectivity index (χ3n) is 4.41. The van der Waals surface area contributed by atoms with Crippen LogP contribution in [0, 0.1) is 11.3 Å². The van der Waals surface area contributed by atoms with E-state index in [2.05, 4.69) is 33.0 Å². The average Bonchev–Trinajstić information content (AvgIpc) is 2.35. The molecule has 1 atom stereocenters. The van der Waals surface area contributed by atoms with Crippen molar-refractivity contribution in [1.29, 1.82) is 0 Å². The van der Waals surface area contributed by atoms with E-state index in [9.17, 15) is 0 Å². The summed E-state index contributed by atoms with van der Waals surface area (Å²) in [5, 5.41) is 3.77. The van der Waals surface area contributed by atoms with Crippen LogP contribution in [0.5, 0.6) is 0 Å². The summed E-state index contributed by atoms with van der Waals surface area (Å²) < 4.78 is 5.45. The van der Waals surface area contributed by atoms with Gasteiger partial charge in [0.1, 0.15) is 0 Å². The molecule has 0 aliphatic carbocycles. The fraction of sp³-hybridized carbons (Fsp3) is 1.00. The normalized spacial score (nSPS) is 20.5. The molecule has 1 aliphatic rings. The Kier molecular flexibility index (Phi) is 6.50. The Morgan fingerprint density at radius 3 is 2.41 bits per heavy atom. The van der Waals surface area contributed by atoms with Crippen LogP contribution >= 0.6 is 0 Å². The Balaban J connectivity index is 2.49. The largest absolute Gasteiger partial charge is 0.381 e. The molecule has 2 nitrogen and oxygen atoms in total. The van der Waals surface area contributed by atoms with Crippen LogP contribution in [0.15, 0.2) is 0 Å². The Labute approximate surface area is 108 Å². The molecule has 0 amide bonds. The summed E-state index contributed by atoms with van der Waals surface area (Å²) in [6, 6.07) is 0.663. The Hall–Kier alpha value is -0.0800. The maximum absolute atomic E-state index is 5.45. The van der Waals surface area contributed by atoms with Crippen LogP contribution in [0.25, 0.3) is 0 Å². The minimum atomic E-state index is 0.410. The number of hydrogen-bond donors (Lipinski definition) is 1. The van der Waals surface area contributed by atoms with E-state index < -0.39 is 0 Å². The van der Waals surface area contributed by atoms with Crippen LogP contribution in [-0.4, -0.2) is 25.8 Å². The molecule has 1 fully saturated rings. The van der Waals surface area contributed by atoms with E-state index in [1.54, 1.807) is 0 Å². The average molecular weight is 241 g/mol. The van der Waals surface area contributed by atoms with E-state index in [4.69, 9.17) is 4.74 Å². The van der Waals surface area contributed by atoms with Crippen LogP contribution in [0.1, 0.15) is 59.8 Å². The lowest BCUT2D eigenvalue weighted by Gasteiger charge is -2.37. The van der Waals surface area contributed by atoms with Gasteiger partial charge in [0.05, 0.1) is 0 Å². The zero-order valence-corrected chi connectivity index (χ0v) is 12.2. The smallest absolute Gasteiger partial charge is 0.0468 e. The number of ether oxygens (including phenoxy) is 1. The third-order valence-corrected chi connectivity index (χ3v) is 4.41. The van der Waals surface area contributed by atoms with E-state index in [-0.39, 0.29) is 0 Å². The highest BCUT2D eigenvalue weighted by molar-refractivity contribution is 4.85. The maximum atomic E-state index is 5.45. The summed E-state index contributed by atoms with van der Waals surface area (Å²) in [6.07, 6.45) is 6.31. The zero-order chi connectivity index (χ0) is 12.7. The zero-order valence-electron chi connectivity index (χ0n) is 12.2. The second kappa shape index (κ2) is 7.38. The van der Waals surface area contributed by atoms with Crippen LogP contribution < -0.4 is 5.32 Å². The van der Waals surface area contributed by atoms with Gasteiger partial charge in [0.2, 0.25) is 0 Å². The molecule has 0 bridgehead atoms. The van der Waals surface area contributed by atoms with Crippen molar-refractivity contribution in [1.82, 2.24) is 5.32 Å². The van der Waals surface area contributed by atoms with Gasteiger partial charge in [-0.15, -0.1) is 0 Å². The molecule has 1 N–H and O–H groups in total. The molecule has 1 unspecified atom stereocenters. The molecule has 0 aromatic carbocycles. The second-order valence-corrected chi connectivity index (χ2v) is 6.14. The molecule has 2 heteroatoms. The number of hydrogen-bond acceptors (Lipinski definition) is 2. The van der Waals surface area contributed by atoms with E-state index in [1.165, 1.54) is 32.1 Å². The molecule has 1 rings (SSSR count). The maximum Gasteiger partial charge on any atom is 0.0468 e. The predicted octanol–water partition coefficient (Wildman–Crippen LogP) is 3.61. The lowest BCUT2D eigenvalue weighted by Crippen LogP contribution is -2.43. The molecule has 1 aliphatic heterocycles. The summed E-state index contributed by atoms with van der Waals surface area (Å²) in [5.41, 5.74) is 0.410. The minimum absolute atomic E-state index is 0.410. The van der Waals surface area contributed by atoms with E-state index in [0.717, 1.165) is 25.7 Å². The first kappa shape index (κ1) is 15.0. The van der Waals surface area contributed by atoms with Gasteiger partial charge in [0, 0.05) is 19.3 Å². The summed E-state index contributed by atoms with van der Waals surface area (Å²) in [5.74, 6) is 0.865. The molecule has 0 radical (unpaired) electrons. The highest BCUT2D eigenvalue weighted by Crippen LogP contribution is 2.31. The van der Waals surface area contributed by atoms with Crippen molar-refractivity contribution in [3.8, 4) is 0 Å². The molecule has 0 saturated carbocycles. The van der Waals surface area contributed by atoms with Gasteiger partial charge in [-0.05, 0) is 50.0 Å². The first-order chi connectivity index (χ1) is 8.10. The van der Waals surface area contributed by atoms with Gasteiger partial charge >= 0.3 is 0 Å². The summed E-state index contributed by atoms with van der Waals surface area (Å²) in [4.78, 5) is 0. The Morgan fingerprint density at radius 1 is 1.24 bits per heavy atom. The van der Waals surface area contributed by atoms with Gasteiger partial charge in [-0.25, -0.2) is 0 Å². The molecule has 1 heterocycles. The van der Waals surface area contributed by atoms with Crippen molar-refractivity contribution in [3.63, 3.8) is 0 Å². The van der Waals surface area contributed by atoms with Crippen LogP contribution in [0.2, 0.25) is 0 Å².